The van der Waals surface area contributed by atoms with Crippen LogP contribution in [-0.2, 0) is 11.2 Å². The fraction of sp³-hybridized carbons (Fsp3) is 0.133. The molecule has 0 saturated heterocycles. The van der Waals surface area contributed by atoms with Gasteiger partial charge in [0.2, 0.25) is 5.91 Å². The van der Waals surface area contributed by atoms with Gasteiger partial charge in [-0.1, -0.05) is 24.3 Å². The Bertz CT molecular complexity index is 565. The number of nitrogens with two attached hydrogens (primary N) is 1. The lowest BCUT2D eigenvalue weighted by Gasteiger charge is -2.09. The van der Waals surface area contributed by atoms with E-state index in [1.807, 2.05) is 24.3 Å². The highest BCUT2D eigenvalue weighted by Gasteiger charge is 2.07. The zero-order valence-electron chi connectivity index (χ0n) is 10.7. The van der Waals surface area contributed by atoms with Gasteiger partial charge in [-0.3, -0.25) is 4.79 Å². The van der Waals surface area contributed by atoms with Crippen LogP contribution < -0.4 is 15.8 Å². The Labute approximate surface area is 112 Å². The quantitative estimate of drug-likeness (QED) is 0.826. The smallest absolute Gasteiger partial charge is 0.228 e. The van der Waals surface area contributed by atoms with Crippen LogP contribution in [-0.4, -0.2) is 13.0 Å². The van der Waals surface area contributed by atoms with Gasteiger partial charge in [0.1, 0.15) is 5.75 Å². The zero-order chi connectivity index (χ0) is 13.7. The molecular weight excluding hydrogens is 240 g/mol. The Hall–Kier alpha value is -2.49. The molecule has 2 rings (SSSR count). The molecule has 3 N–H and O–H groups in total. The molecule has 0 saturated carbocycles. The van der Waals surface area contributed by atoms with E-state index >= 15 is 0 Å². The molecule has 4 heteroatoms. The van der Waals surface area contributed by atoms with Gasteiger partial charge in [-0.25, -0.2) is 0 Å². The molecule has 0 radical (unpaired) electrons. The van der Waals surface area contributed by atoms with Crippen LogP contribution in [0, 0.1) is 0 Å². The van der Waals surface area contributed by atoms with E-state index in [1.54, 1.807) is 31.4 Å². The zero-order valence-corrected chi connectivity index (χ0v) is 10.7. The molecule has 0 fully saturated rings. The van der Waals surface area contributed by atoms with Gasteiger partial charge in [-0.2, -0.15) is 0 Å². The topological polar surface area (TPSA) is 64.3 Å². The van der Waals surface area contributed by atoms with Crippen molar-refractivity contribution in [2.75, 3.05) is 18.2 Å². The first-order valence-corrected chi connectivity index (χ1v) is 5.96. The summed E-state index contributed by atoms with van der Waals surface area (Å²) in [4.78, 5) is 11.9. The minimum atomic E-state index is -0.0886. The lowest BCUT2D eigenvalue weighted by atomic mass is 10.1. The Morgan fingerprint density at radius 3 is 2.53 bits per heavy atom. The second-order valence-electron chi connectivity index (χ2n) is 4.17. The molecule has 4 nitrogen and oxygen atoms in total. The molecule has 0 aromatic heterocycles. The SMILES string of the molecule is COc1ccccc1NC(=O)Cc1ccc(N)cc1. The molecule has 98 valence electrons. The number of hydrogen-bond acceptors (Lipinski definition) is 3. The Balaban J connectivity index is 2.03. The van der Waals surface area contributed by atoms with Crippen LogP contribution in [0.15, 0.2) is 48.5 Å². The van der Waals surface area contributed by atoms with Gasteiger partial charge < -0.3 is 15.8 Å². The molecule has 0 aliphatic carbocycles. The number of amides is 1. The average Bonchev–Trinajstić information content (AvgIpc) is 2.42. The molecule has 0 aliphatic rings. The van der Waals surface area contributed by atoms with E-state index in [2.05, 4.69) is 5.32 Å². The van der Waals surface area contributed by atoms with Crippen LogP contribution in [0.25, 0.3) is 0 Å². The Morgan fingerprint density at radius 1 is 1.16 bits per heavy atom. The standard InChI is InChI=1S/C15H16N2O2/c1-19-14-5-3-2-4-13(14)17-15(18)10-11-6-8-12(16)9-7-11/h2-9H,10,16H2,1H3,(H,17,18). The lowest BCUT2D eigenvalue weighted by molar-refractivity contribution is -0.115. The summed E-state index contributed by atoms with van der Waals surface area (Å²) in [7, 11) is 1.57. The average molecular weight is 256 g/mol. The third-order valence-corrected chi connectivity index (χ3v) is 2.73. The van der Waals surface area contributed by atoms with Crippen molar-refractivity contribution in [2.24, 2.45) is 0 Å². The van der Waals surface area contributed by atoms with E-state index in [4.69, 9.17) is 10.5 Å². The number of rotatable bonds is 4. The predicted octanol–water partition coefficient (Wildman–Crippen LogP) is 2.46. The van der Waals surface area contributed by atoms with Crippen LogP contribution in [0.1, 0.15) is 5.56 Å². The first kappa shape index (κ1) is 13.0. The van der Waals surface area contributed by atoms with Crippen LogP contribution in [0.3, 0.4) is 0 Å². The molecule has 0 heterocycles. The van der Waals surface area contributed by atoms with Crippen molar-refractivity contribution in [3.63, 3.8) is 0 Å². The van der Waals surface area contributed by atoms with Gasteiger partial charge in [0.25, 0.3) is 0 Å². The van der Waals surface area contributed by atoms with Crippen molar-refractivity contribution in [3.8, 4) is 5.75 Å². The van der Waals surface area contributed by atoms with Gasteiger partial charge in [-0.15, -0.1) is 0 Å². The number of ether oxygens (including phenoxy) is 1. The van der Waals surface area contributed by atoms with Gasteiger partial charge in [0.05, 0.1) is 19.2 Å². The first-order chi connectivity index (χ1) is 9.19. The molecule has 0 unspecified atom stereocenters. The van der Waals surface area contributed by atoms with E-state index < -0.39 is 0 Å². The van der Waals surface area contributed by atoms with E-state index in [0.717, 1.165) is 5.56 Å². The van der Waals surface area contributed by atoms with Crippen molar-refractivity contribution in [3.05, 3.63) is 54.1 Å². The summed E-state index contributed by atoms with van der Waals surface area (Å²) in [6.45, 7) is 0. The fourth-order valence-electron chi connectivity index (χ4n) is 1.76. The summed E-state index contributed by atoms with van der Waals surface area (Å²) in [6.07, 6.45) is 0.304. The molecule has 0 aliphatic heterocycles. The number of nitrogens with one attached hydrogen (secondary N) is 1. The van der Waals surface area contributed by atoms with Crippen molar-refractivity contribution in [1.29, 1.82) is 0 Å². The summed E-state index contributed by atoms with van der Waals surface area (Å²) in [5.74, 6) is 0.558. The highest BCUT2D eigenvalue weighted by molar-refractivity contribution is 5.93. The summed E-state index contributed by atoms with van der Waals surface area (Å²) < 4.78 is 5.18. The van der Waals surface area contributed by atoms with Crippen molar-refractivity contribution in [1.82, 2.24) is 0 Å². The number of hydrogen-bond donors (Lipinski definition) is 2. The normalized spacial score (nSPS) is 9.95. The summed E-state index contributed by atoms with van der Waals surface area (Å²) in [6, 6.07) is 14.6. The van der Waals surface area contributed by atoms with Gasteiger partial charge in [-0.05, 0) is 29.8 Å². The molecule has 0 spiro atoms. The minimum Gasteiger partial charge on any atom is -0.495 e. The van der Waals surface area contributed by atoms with Crippen molar-refractivity contribution < 1.29 is 9.53 Å². The number of methoxy groups -OCH3 is 1. The monoisotopic (exact) mass is 256 g/mol. The van der Waals surface area contributed by atoms with Crippen LogP contribution in [0.2, 0.25) is 0 Å². The third-order valence-electron chi connectivity index (χ3n) is 2.73. The highest BCUT2D eigenvalue weighted by atomic mass is 16.5. The van der Waals surface area contributed by atoms with Gasteiger partial charge >= 0.3 is 0 Å². The van der Waals surface area contributed by atoms with Crippen LogP contribution in [0.5, 0.6) is 5.75 Å². The number of anilines is 2. The van der Waals surface area contributed by atoms with Crippen LogP contribution in [0.4, 0.5) is 11.4 Å². The van der Waals surface area contributed by atoms with E-state index in [-0.39, 0.29) is 5.91 Å². The Morgan fingerprint density at radius 2 is 1.84 bits per heavy atom. The maximum atomic E-state index is 11.9. The summed E-state index contributed by atoms with van der Waals surface area (Å²) in [5.41, 5.74) is 7.88. The summed E-state index contributed by atoms with van der Waals surface area (Å²) >= 11 is 0. The molecule has 0 atom stereocenters. The minimum absolute atomic E-state index is 0.0886. The highest BCUT2D eigenvalue weighted by Crippen LogP contribution is 2.23. The number of carbonyl (C=O) groups excluding carboxylic acids is 1. The Kier molecular flexibility index (Phi) is 4.03. The molecule has 19 heavy (non-hydrogen) atoms. The number of para-hydroxylation sites is 2. The third kappa shape index (κ3) is 3.48. The maximum Gasteiger partial charge on any atom is 0.228 e. The number of benzene rings is 2. The largest absolute Gasteiger partial charge is 0.495 e. The first-order valence-electron chi connectivity index (χ1n) is 5.96. The lowest BCUT2D eigenvalue weighted by Crippen LogP contribution is -2.14. The molecule has 2 aromatic carbocycles. The maximum absolute atomic E-state index is 11.9. The summed E-state index contributed by atoms with van der Waals surface area (Å²) in [5, 5.41) is 2.83. The van der Waals surface area contributed by atoms with Crippen molar-refractivity contribution in [2.45, 2.75) is 6.42 Å². The van der Waals surface area contributed by atoms with Gasteiger partial charge in [0.15, 0.2) is 0 Å². The van der Waals surface area contributed by atoms with E-state index in [9.17, 15) is 4.79 Å². The van der Waals surface area contributed by atoms with Crippen molar-refractivity contribution >= 4 is 17.3 Å². The second kappa shape index (κ2) is 5.91. The molecular formula is C15H16N2O2. The molecule has 2 aromatic rings. The second-order valence-corrected chi connectivity index (χ2v) is 4.17. The fourth-order valence-corrected chi connectivity index (χ4v) is 1.76. The molecule has 1 amide bonds. The van der Waals surface area contributed by atoms with E-state index in [0.29, 0.717) is 23.5 Å². The number of carbonyl (C=O) groups is 1. The number of nitrogen functional groups attached to an aromatic ring is 1. The predicted molar refractivity (Wildman–Crippen MR) is 76.2 cm³/mol. The van der Waals surface area contributed by atoms with Crippen LogP contribution >= 0.6 is 0 Å². The van der Waals surface area contributed by atoms with E-state index in [1.165, 1.54) is 0 Å². The van der Waals surface area contributed by atoms with Gasteiger partial charge in [0, 0.05) is 5.69 Å². The molecule has 0 bridgehead atoms.